The van der Waals surface area contributed by atoms with Crippen molar-refractivity contribution >= 4 is 5.78 Å². The van der Waals surface area contributed by atoms with Gasteiger partial charge in [0.15, 0.2) is 0 Å². The van der Waals surface area contributed by atoms with Crippen molar-refractivity contribution in [3.05, 3.63) is 682 Å². The van der Waals surface area contributed by atoms with Gasteiger partial charge in [-0.05, 0) is 144 Å². The van der Waals surface area contributed by atoms with E-state index in [4.69, 9.17) is 0 Å². The van der Waals surface area contributed by atoms with E-state index < -0.39 is 0 Å². The summed E-state index contributed by atoms with van der Waals surface area (Å²) in [6, 6.07) is 193. The zero-order valence-corrected chi connectivity index (χ0v) is 85.9. The van der Waals surface area contributed by atoms with Crippen molar-refractivity contribution in [1.82, 2.24) is 0 Å². The van der Waals surface area contributed by atoms with Crippen LogP contribution in [-0.2, 0) is 11.2 Å². The highest BCUT2D eigenvalue weighted by Crippen LogP contribution is 2.06. The van der Waals surface area contributed by atoms with Gasteiger partial charge in [0.05, 0.1) is 0 Å². The fourth-order valence-corrected chi connectivity index (χ4v) is 10.6. The highest BCUT2D eigenvalue weighted by Gasteiger charge is 1.96. The lowest BCUT2D eigenvalue weighted by Crippen LogP contribution is -1.95. The van der Waals surface area contributed by atoms with Gasteiger partial charge >= 0.3 is 0 Å². The Morgan fingerprint density at radius 2 is 0.175 bits per heavy atom. The van der Waals surface area contributed by atoms with Crippen LogP contribution >= 0.6 is 0 Å². The maximum absolute atomic E-state index is 10.7. The van der Waals surface area contributed by atoms with E-state index in [1.54, 1.807) is 6.92 Å². The number of hydrogen-bond donors (Lipinski definition) is 0. The second-order valence-electron chi connectivity index (χ2n) is 32.6. The molecule has 0 aromatic heterocycles. The molecule has 1 heteroatoms. The molecule has 0 aliphatic heterocycles. The van der Waals surface area contributed by atoms with Crippen LogP contribution in [0.5, 0.6) is 0 Å². The van der Waals surface area contributed by atoms with Crippen LogP contribution in [0.4, 0.5) is 0 Å². The SMILES string of the molecule is CC(=O)Cc1ccc(C)cc1.Cc1ccccc1.Cc1ccccc1.Cc1ccccc1.Cc1ccccc1.Cc1ccccc1.Cc1ccccc1.Cc1ccccc1.Cc1ccccc1.Cc1ccccc1.Cc1ccccc1.Cc1ccccc1.Cc1ccccc1.Cc1ccccc1.Cc1ccccc1.Cc1ccccc1.Cc1ccccc1.Cc1ccccc1.Cc1ccccc1. The van der Waals surface area contributed by atoms with Crippen molar-refractivity contribution in [1.29, 1.82) is 0 Å². The maximum atomic E-state index is 10.7. The van der Waals surface area contributed by atoms with Gasteiger partial charge in [-0.3, -0.25) is 4.79 Å². The van der Waals surface area contributed by atoms with E-state index in [0.29, 0.717) is 6.42 Å². The lowest BCUT2D eigenvalue weighted by atomic mass is 10.1. The molecule has 0 saturated heterocycles. The van der Waals surface area contributed by atoms with E-state index in [1.807, 2.05) is 359 Å². The lowest BCUT2D eigenvalue weighted by molar-refractivity contribution is -0.116. The van der Waals surface area contributed by atoms with Gasteiger partial charge in [-0.2, -0.15) is 0 Å². The molecular formula is C136H156O. The number of carbonyl (C=O) groups excluding carboxylic acids is 1. The molecule has 19 aromatic carbocycles. The zero-order valence-electron chi connectivity index (χ0n) is 85.9. The fraction of sp³-hybridized carbons (Fsp3) is 0.154. The van der Waals surface area contributed by atoms with Gasteiger partial charge in [0.1, 0.15) is 5.78 Å². The molecule has 19 rings (SSSR count). The van der Waals surface area contributed by atoms with E-state index >= 15 is 0 Å². The molecule has 0 saturated carbocycles. The molecule has 0 aliphatic carbocycles. The summed E-state index contributed by atoms with van der Waals surface area (Å²) < 4.78 is 0. The predicted octanol–water partition coefficient (Wildman–Crippen LogP) is 38.0. The number of carbonyl (C=O) groups is 1. The van der Waals surface area contributed by atoms with Crippen LogP contribution < -0.4 is 0 Å². The van der Waals surface area contributed by atoms with Crippen molar-refractivity contribution < 1.29 is 4.79 Å². The Hall–Kier alpha value is -15.2. The van der Waals surface area contributed by atoms with E-state index in [0.717, 1.165) is 5.56 Å². The molecule has 0 amide bonds. The smallest absolute Gasteiger partial charge is 0.134 e. The number of aryl methyl sites for hydroxylation is 19. The first-order valence-corrected chi connectivity index (χ1v) is 47.1. The van der Waals surface area contributed by atoms with Gasteiger partial charge in [0.25, 0.3) is 0 Å². The second kappa shape index (κ2) is 85.1. The molecule has 0 N–H and O–H groups in total. The first-order valence-electron chi connectivity index (χ1n) is 47.1. The molecule has 0 spiro atoms. The molecule has 0 fully saturated rings. The molecular weight excluding hydrogens is 1650 g/mol. The minimum Gasteiger partial charge on any atom is -0.300 e. The Bertz CT molecular complexity index is 4290. The van der Waals surface area contributed by atoms with E-state index in [2.05, 4.69) is 343 Å². The maximum Gasteiger partial charge on any atom is 0.134 e. The van der Waals surface area contributed by atoms with Gasteiger partial charge < -0.3 is 0 Å². The van der Waals surface area contributed by atoms with Gasteiger partial charge in [-0.15, -0.1) is 0 Å². The molecule has 0 heterocycles. The largest absolute Gasteiger partial charge is 0.300 e. The van der Waals surface area contributed by atoms with Crippen LogP contribution in [0, 0.1) is 132 Å². The Kier molecular flexibility index (Phi) is 74.4. The molecule has 0 bridgehead atoms. The van der Waals surface area contributed by atoms with Crippen molar-refractivity contribution in [2.24, 2.45) is 0 Å². The van der Waals surface area contributed by atoms with Crippen LogP contribution in [0.1, 0.15) is 118 Å². The number of Topliss-reactive ketones (excluding diaryl/α,β-unsaturated/α-hetero) is 1. The van der Waals surface area contributed by atoms with Gasteiger partial charge in [-0.1, -0.05) is 676 Å². The number of ketones is 1. The quantitative estimate of drug-likeness (QED) is 0.169. The average Bonchev–Trinajstić information content (AvgIpc) is 0.919. The number of rotatable bonds is 2. The standard InChI is InChI=1S/C10H12O.18C7H8/c1-8-3-5-10(6-4-8)7-9(2)11;18*1-7-5-3-2-4-6-7/h3-6H,7H2,1-2H3;18*2-6H,1H3. The number of benzene rings is 19. The monoisotopic (exact) mass is 1810 g/mol. The number of hydrogen-bond acceptors (Lipinski definition) is 1. The Balaban J connectivity index is 0.000000724. The molecule has 0 unspecified atom stereocenters. The normalized spacial score (nSPS) is 8.79. The third-order valence-corrected chi connectivity index (χ3v) is 18.5. The van der Waals surface area contributed by atoms with Crippen LogP contribution in [0.3, 0.4) is 0 Å². The zero-order chi connectivity index (χ0) is 100. The van der Waals surface area contributed by atoms with Gasteiger partial charge in [-0.25, -0.2) is 0 Å². The Morgan fingerprint density at radius 3 is 0.226 bits per heavy atom. The summed E-state index contributed by atoms with van der Waals surface area (Å²) in [5, 5.41) is 0. The second-order valence-corrected chi connectivity index (χ2v) is 32.6. The molecule has 137 heavy (non-hydrogen) atoms. The molecule has 0 aliphatic rings. The van der Waals surface area contributed by atoms with Crippen molar-refractivity contribution in [3.8, 4) is 0 Å². The van der Waals surface area contributed by atoms with Gasteiger partial charge in [0, 0.05) is 6.42 Å². The summed E-state index contributed by atoms with van der Waals surface area (Å²) in [5.74, 6) is 0.217. The Labute approximate surface area is 831 Å². The molecule has 0 radical (unpaired) electrons. The summed E-state index contributed by atoms with van der Waals surface area (Å²) in [5.41, 5.74) is 26.1. The minimum atomic E-state index is 0.217. The molecule has 0 atom stereocenters. The van der Waals surface area contributed by atoms with E-state index in [-0.39, 0.29) is 5.78 Å². The summed E-state index contributed by atoms with van der Waals surface area (Å²) in [4.78, 5) is 10.7. The fourth-order valence-electron chi connectivity index (χ4n) is 10.6. The third kappa shape index (κ3) is 83.7. The minimum absolute atomic E-state index is 0.217. The predicted molar refractivity (Wildman–Crippen MR) is 607 cm³/mol. The summed E-state index contributed by atoms with van der Waals surface area (Å²) in [6.07, 6.45) is 0.556. The average molecular weight is 1810 g/mol. The topological polar surface area (TPSA) is 17.1 Å². The van der Waals surface area contributed by atoms with Crippen molar-refractivity contribution in [2.75, 3.05) is 0 Å². The van der Waals surface area contributed by atoms with E-state index in [9.17, 15) is 4.79 Å². The summed E-state index contributed by atoms with van der Waals surface area (Å²) in [7, 11) is 0. The molecule has 19 aromatic rings. The van der Waals surface area contributed by atoms with E-state index in [1.165, 1.54) is 106 Å². The first-order chi connectivity index (χ1) is 66.3. The highest BCUT2D eigenvalue weighted by molar-refractivity contribution is 5.78. The highest BCUT2D eigenvalue weighted by atomic mass is 16.1. The third-order valence-electron chi connectivity index (χ3n) is 18.5. The van der Waals surface area contributed by atoms with Crippen molar-refractivity contribution in [2.45, 2.75) is 145 Å². The lowest BCUT2D eigenvalue weighted by Gasteiger charge is -1.96. The van der Waals surface area contributed by atoms with Crippen LogP contribution in [0.15, 0.2) is 570 Å². The summed E-state index contributed by atoms with van der Waals surface area (Å²) in [6.45, 7) is 41.2. The Morgan fingerprint density at radius 1 is 0.109 bits per heavy atom. The van der Waals surface area contributed by atoms with Crippen LogP contribution in [-0.4, -0.2) is 5.78 Å². The first kappa shape index (κ1) is 120. The van der Waals surface area contributed by atoms with Crippen molar-refractivity contribution in [3.63, 3.8) is 0 Å². The van der Waals surface area contributed by atoms with Crippen LogP contribution in [0.2, 0.25) is 0 Å². The van der Waals surface area contributed by atoms with Gasteiger partial charge in [0.2, 0.25) is 0 Å². The van der Waals surface area contributed by atoms with Crippen LogP contribution in [0.25, 0.3) is 0 Å². The summed E-state index contributed by atoms with van der Waals surface area (Å²) >= 11 is 0. The molecule has 706 valence electrons. The molecule has 1 nitrogen and oxygen atoms in total.